The Balaban J connectivity index is 1.67. The van der Waals surface area contributed by atoms with E-state index in [0.29, 0.717) is 43.2 Å². The zero-order valence-corrected chi connectivity index (χ0v) is 18.2. The van der Waals surface area contributed by atoms with E-state index >= 15 is 0 Å². The lowest BCUT2D eigenvalue weighted by atomic mass is 9.62. The van der Waals surface area contributed by atoms with Crippen LogP contribution in [0.1, 0.15) is 30.9 Å². The molecule has 0 saturated carbocycles. The summed E-state index contributed by atoms with van der Waals surface area (Å²) in [6.45, 7) is 4.57. The Kier molecular flexibility index (Phi) is 6.13. The third kappa shape index (κ3) is 4.58. The van der Waals surface area contributed by atoms with Crippen molar-refractivity contribution in [3.63, 3.8) is 0 Å². The van der Waals surface area contributed by atoms with Crippen LogP contribution in [0.5, 0.6) is 11.5 Å². The maximum absolute atomic E-state index is 12.6. The minimum atomic E-state index is -4.77. The number of ether oxygens (including phenoxy) is 3. The van der Waals surface area contributed by atoms with Gasteiger partial charge in [0, 0.05) is 31.3 Å². The molecule has 1 N–H and O–H groups in total. The smallest absolute Gasteiger partial charge is 0.490 e. The molecule has 0 amide bonds. The van der Waals surface area contributed by atoms with Gasteiger partial charge < -0.3 is 24.2 Å². The van der Waals surface area contributed by atoms with Gasteiger partial charge in [0.1, 0.15) is 23.2 Å². The summed E-state index contributed by atoms with van der Waals surface area (Å²) in [5.41, 5.74) is -0.815. The maximum atomic E-state index is 12.6. The SMILES string of the molecule is CN1CC(C)([C@](O)(c2ccc(OC(F)(F)F)cc2)c2cccc(OC3CCOCC3)c2)C1. The number of benzene rings is 2. The highest BCUT2D eigenvalue weighted by Crippen LogP contribution is 2.50. The molecular formula is C24H28F3NO4. The van der Waals surface area contributed by atoms with Crippen molar-refractivity contribution in [1.82, 2.24) is 4.90 Å². The van der Waals surface area contributed by atoms with Gasteiger partial charge in [-0.1, -0.05) is 31.2 Å². The molecule has 2 heterocycles. The van der Waals surface area contributed by atoms with Crippen LogP contribution in [0.2, 0.25) is 0 Å². The molecule has 2 aliphatic rings. The number of nitrogens with zero attached hydrogens (tertiary/aromatic N) is 1. The third-order valence-corrected chi connectivity index (χ3v) is 6.34. The molecule has 2 aromatic carbocycles. The number of hydrogen-bond donors (Lipinski definition) is 1. The van der Waals surface area contributed by atoms with Gasteiger partial charge in [-0.25, -0.2) is 0 Å². The van der Waals surface area contributed by atoms with Crippen molar-refractivity contribution in [2.24, 2.45) is 5.41 Å². The molecule has 0 aliphatic carbocycles. The van der Waals surface area contributed by atoms with Crippen LogP contribution in [-0.4, -0.2) is 55.8 Å². The molecule has 0 aromatic heterocycles. The normalized spacial score (nSPS) is 21.4. The molecule has 4 rings (SSSR count). The van der Waals surface area contributed by atoms with Crippen LogP contribution in [0.25, 0.3) is 0 Å². The molecule has 2 fully saturated rings. The Morgan fingerprint density at radius 1 is 1.00 bits per heavy atom. The number of halogens is 3. The minimum absolute atomic E-state index is 0.0521. The fourth-order valence-electron chi connectivity index (χ4n) is 4.92. The van der Waals surface area contributed by atoms with Gasteiger partial charge in [0.05, 0.1) is 13.2 Å². The van der Waals surface area contributed by atoms with Crippen LogP contribution >= 0.6 is 0 Å². The summed E-state index contributed by atoms with van der Waals surface area (Å²) >= 11 is 0. The lowest BCUT2D eigenvalue weighted by Crippen LogP contribution is -2.63. The highest BCUT2D eigenvalue weighted by atomic mass is 19.4. The van der Waals surface area contributed by atoms with Crippen LogP contribution in [0.3, 0.4) is 0 Å². The van der Waals surface area contributed by atoms with E-state index in [1.165, 1.54) is 24.3 Å². The summed E-state index contributed by atoms with van der Waals surface area (Å²) in [5, 5.41) is 12.1. The van der Waals surface area contributed by atoms with Gasteiger partial charge in [0.25, 0.3) is 0 Å². The van der Waals surface area contributed by atoms with Gasteiger partial charge in [0.2, 0.25) is 0 Å². The predicted molar refractivity (Wildman–Crippen MR) is 113 cm³/mol. The van der Waals surface area contributed by atoms with Crippen molar-refractivity contribution in [3.8, 4) is 11.5 Å². The molecule has 0 bridgehead atoms. The predicted octanol–water partition coefficient (Wildman–Crippen LogP) is 4.33. The average molecular weight is 451 g/mol. The standard InChI is InChI=1S/C24H28F3NO4/c1-22(15-28(2)16-22)23(29,17-6-8-20(9-7-17)32-24(25,26)27)18-4-3-5-21(14-18)31-19-10-12-30-13-11-19/h3-9,14,19,29H,10-13,15-16H2,1-2H3/t23-/m0/s1. The largest absolute Gasteiger partial charge is 0.573 e. The van der Waals surface area contributed by atoms with Crippen molar-refractivity contribution in [1.29, 1.82) is 0 Å². The Morgan fingerprint density at radius 2 is 1.66 bits per heavy atom. The molecule has 32 heavy (non-hydrogen) atoms. The summed E-state index contributed by atoms with van der Waals surface area (Å²) in [5.74, 6) is 0.331. The van der Waals surface area contributed by atoms with Gasteiger partial charge in [-0.3, -0.25) is 0 Å². The minimum Gasteiger partial charge on any atom is -0.490 e. The Bertz CT molecular complexity index is 922. The molecule has 0 radical (unpaired) electrons. The van der Waals surface area contributed by atoms with Crippen molar-refractivity contribution in [2.45, 2.75) is 37.8 Å². The van der Waals surface area contributed by atoms with E-state index in [1.54, 1.807) is 0 Å². The zero-order valence-electron chi connectivity index (χ0n) is 18.2. The second kappa shape index (κ2) is 8.57. The second-order valence-electron chi connectivity index (χ2n) is 8.97. The molecule has 2 aliphatic heterocycles. The fourth-order valence-corrected chi connectivity index (χ4v) is 4.92. The van der Waals surface area contributed by atoms with E-state index in [9.17, 15) is 18.3 Å². The first-order chi connectivity index (χ1) is 15.1. The summed E-state index contributed by atoms with van der Waals surface area (Å²) < 4.78 is 53.3. The number of rotatable bonds is 6. The number of aliphatic hydroxyl groups is 1. The molecule has 1 atom stereocenters. The molecule has 0 spiro atoms. The average Bonchev–Trinajstić information content (AvgIpc) is 2.72. The number of hydrogen-bond acceptors (Lipinski definition) is 5. The molecule has 8 heteroatoms. The van der Waals surface area contributed by atoms with Crippen LogP contribution in [0.15, 0.2) is 48.5 Å². The van der Waals surface area contributed by atoms with E-state index in [1.807, 2.05) is 38.2 Å². The quantitative estimate of drug-likeness (QED) is 0.709. The van der Waals surface area contributed by atoms with Crippen molar-refractivity contribution in [2.75, 3.05) is 33.4 Å². The first kappa shape index (κ1) is 22.9. The molecule has 0 unspecified atom stereocenters. The molecular weight excluding hydrogens is 423 g/mol. The fraction of sp³-hybridized carbons (Fsp3) is 0.500. The first-order valence-electron chi connectivity index (χ1n) is 10.7. The van der Waals surface area contributed by atoms with E-state index in [-0.39, 0.29) is 11.9 Å². The zero-order chi connectivity index (χ0) is 23.0. The molecule has 5 nitrogen and oxygen atoms in total. The molecule has 174 valence electrons. The second-order valence-corrected chi connectivity index (χ2v) is 8.97. The van der Waals surface area contributed by atoms with Gasteiger partial charge >= 0.3 is 6.36 Å². The lowest BCUT2D eigenvalue weighted by Gasteiger charge is -2.56. The van der Waals surface area contributed by atoms with Gasteiger partial charge in [-0.05, 0) is 42.4 Å². The summed E-state index contributed by atoms with van der Waals surface area (Å²) in [6.07, 6.45) is -3.11. The van der Waals surface area contributed by atoms with Crippen molar-refractivity contribution in [3.05, 3.63) is 59.7 Å². The van der Waals surface area contributed by atoms with Crippen LogP contribution in [0, 0.1) is 5.41 Å². The molecule has 2 saturated heterocycles. The van der Waals surface area contributed by atoms with Crippen molar-refractivity contribution < 1.29 is 32.5 Å². The summed E-state index contributed by atoms with van der Waals surface area (Å²) in [6, 6.07) is 12.8. The molecule has 2 aromatic rings. The maximum Gasteiger partial charge on any atom is 0.573 e. The summed E-state index contributed by atoms with van der Waals surface area (Å²) in [7, 11) is 1.97. The van der Waals surface area contributed by atoms with Crippen LogP contribution in [-0.2, 0) is 10.3 Å². The Labute approximate surface area is 185 Å². The van der Waals surface area contributed by atoms with E-state index in [4.69, 9.17) is 9.47 Å². The van der Waals surface area contributed by atoms with E-state index in [0.717, 1.165) is 12.8 Å². The van der Waals surface area contributed by atoms with Crippen molar-refractivity contribution >= 4 is 0 Å². The first-order valence-corrected chi connectivity index (χ1v) is 10.7. The van der Waals surface area contributed by atoms with E-state index < -0.39 is 17.4 Å². The number of likely N-dealkylation sites (tertiary alicyclic amines) is 1. The Morgan fingerprint density at radius 3 is 2.25 bits per heavy atom. The van der Waals surface area contributed by atoms with Gasteiger partial charge in [0.15, 0.2) is 0 Å². The summed E-state index contributed by atoms with van der Waals surface area (Å²) in [4.78, 5) is 2.09. The topological polar surface area (TPSA) is 51.2 Å². The monoisotopic (exact) mass is 451 g/mol. The highest BCUT2D eigenvalue weighted by molar-refractivity contribution is 5.45. The lowest BCUT2D eigenvalue weighted by molar-refractivity contribution is -0.274. The van der Waals surface area contributed by atoms with Gasteiger partial charge in [-0.2, -0.15) is 0 Å². The van der Waals surface area contributed by atoms with Gasteiger partial charge in [-0.15, -0.1) is 13.2 Å². The third-order valence-electron chi connectivity index (χ3n) is 6.34. The number of alkyl halides is 3. The van der Waals surface area contributed by atoms with E-state index in [2.05, 4.69) is 9.64 Å². The van der Waals surface area contributed by atoms with Crippen LogP contribution in [0.4, 0.5) is 13.2 Å². The Hall–Kier alpha value is -2.29. The van der Waals surface area contributed by atoms with Crippen LogP contribution < -0.4 is 9.47 Å². The highest BCUT2D eigenvalue weighted by Gasteiger charge is 2.55.